The summed E-state index contributed by atoms with van der Waals surface area (Å²) in [5, 5.41) is 2.67. The predicted molar refractivity (Wildman–Crippen MR) is 62.2 cm³/mol. The number of hydrogen-bond donors (Lipinski definition) is 0. The molecular formula is C12H18OSe. The molecule has 0 spiro atoms. The molecule has 0 atom stereocenters. The molecule has 0 saturated heterocycles. The van der Waals surface area contributed by atoms with Crippen LogP contribution in [0.2, 0.25) is 5.32 Å². The van der Waals surface area contributed by atoms with Crippen LogP contribution < -0.4 is 4.74 Å². The van der Waals surface area contributed by atoms with Gasteiger partial charge in [-0.25, -0.2) is 0 Å². The Labute approximate surface area is 93.0 Å². The number of methoxy groups -OCH3 is 1. The summed E-state index contributed by atoms with van der Waals surface area (Å²) < 4.78 is 5.12. The van der Waals surface area contributed by atoms with Crippen LogP contribution in [0, 0.1) is 0 Å². The van der Waals surface area contributed by atoms with Gasteiger partial charge in [-0.1, -0.05) is 0 Å². The van der Waals surface area contributed by atoms with Crippen molar-refractivity contribution in [3.05, 3.63) is 29.8 Å². The first-order chi connectivity index (χ1) is 6.86. The Balaban J connectivity index is 2.29. The van der Waals surface area contributed by atoms with Gasteiger partial charge in [-0.15, -0.1) is 0 Å². The standard InChI is InChI=1S/C12H18OSe/c1-3-4-9-14-10-11-5-7-12(13-2)8-6-11/h5-8H,3-4,9-10H2,1-2H3. The van der Waals surface area contributed by atoms with Crippen LogP contribution in [-0.2, 0) is 5.32 Å². The van der Waals surface area contributed by atoms with Gasteiger partial charge in [-0.2, -0.15) is 0 Å². The third kappa shape index (κ3) is 4.17. The van der Waals surface area contributed by atoms with E-state index in [2.05, 4.69) is 19.1 Å². The topological polar surface area (TPSA) is 9.23 Å². The fourth-order valence-corrected chi connectivity index (χ4v) is 3.39. The van der Waals surface area contributed by atoms with Gasteiger partial charge in [-0.05, 0) is 0 Å². The second-order valence-corrected chi connectivity index (χ2v) is 5.57. The molecule has 0 radical (unpaired) electrons. The summed E-state index contributed by atoms with van der Waals surface area (Å²) in [5.41, 5.74) is 1.45. The molecule has 1 nitrogen and oxygen atoms in total. The summed E-state index contributed by atoms with van der Waals surface area (Å²) in [5.74, 6) is 0.954. The van der Waals surface area contributed by atoms with Crippen molar-refractivity contribution in [2.45, 2.75) is 30.4 Å². The average Bonchev–Trinajstić information content (AvgIpc) is 2.25. The Bertz CT molecular complexity index is 243. The zero-order valence-corrected chi connectivity index (χ0v) is 10.7. The van der Waals surface area contributed by atoms with Crippen LogP contribution in [0.15, 0.2) is 24.3 Å². The van der Waals surface area contributed by atoms with E-state index in [9.17, 15) is 0 Å². The summed E-state index contributed by atoms with van der Waals surface area (Å²) in [6.45, 7) is 2.25. The van der Waals surface area contributed by atoms with E-state index in [0.717, 1.165) is 20.7 Å². The Morgan fingerprint density at radius 1 is 1.21 bits per heavy atom. The van der Waals surface area contributed by atoms with Gasteiger partial charge in [-0.3, -0.25) is 0 Å². The maximum atomic E-state index is 5.12. The first-order valence-corrected chi connectivity index (χ1v) is 7.49. The van der Waals surface area contributed by atoms with Crippen molar-refractivity contribution in [1.29, 1.82) is 0 Å². The molecule has 14 heavy (non-hydrogen) atoms. The first-order valence-electron chi connectivity index (χ1n) is 5.07. The predicted octanol–water partition coefficient (Wildman–Crippen LogP) is 3.12. The first kappa shape index (κ1) is 11.6. The van der Waals surface area contributed by atoms with E-state index in [1.165, 1.54) is 29.0 Å². The SMILES string of the molecule is CCCC[Se]Cc1ccc(OC)cc1. The van der Waals surface area contributed by atoms with E-state index in [-0.39, 0.29) is 0 Å². The zero-order valence-electron chi connectivity index (χ0n) is 8.95. The summed E-state index contributed by atoms with van der Waals surface area (Å²) in [7, 11) is 1.71. The van der Waals surface area contributed by atoms with E-state index in [1.54, 1.807) is 7.11 Å². The van der Waals surface area contributed by atoms with Gasteiger partial charge in [0.15, 0.2) is 0 Å². The Hall–Kier alpha value is -0.461. The van der Waals surface area contributed by atoms with Gasteiger partial charge in [0.05, 0.1) is 0 Å². The van der Waals surface area contributed by atoms with Crippen LogP contribution in [0.1, 0.15) is 25.3 Å². The third-order valence-electron chi connectivity index (χ3n) is 2.07. The molecular weight excluding hydrogens is 239 g/mol. The number of hydrogen-bond acceptors (Lipinski definition) is 1. The van der Waals surface area contributed by atoms with Gasteiger partial charge in [0.25, 0.3) is 0 Å². The van der Waals surface area contributed by atoms with Crippen molar-refractivity contribution in [2.24, 2.45) is 0 Å². The fourth-order valence-electron chi connectivity index (χ4n) is 1.16. The molecule has 0 N–H and O–H groups in total. The van der Waals surface area contributed by atoms with Gasteiger partial charge < -0.3 is 0 Å². The molecule has 0 aliphatic heterocycles. The van der Waals surface area contributed by atoms with Crippen LogP contribution in [0.5, 0.6) is 5.75 Å². The van der Waals surface area contributed by atoms with Gasteiger partial charge in [0.1, 0.15) is 0 Å². The molecule has 0 aromatic heterocycles. The summed E-state index contributed by atoms with van der Waals surface area (Å²) >= 11 is 0.782. The zero-order chi connectivity index (χ0) is 10.2. The minimum atomic E-state index is 0.782. The number of benzene rings is 1. The molecule has 0 bridgehead atoms. The Morgan fingerprint density at radius 3 is 2.50 bits per heavy atom. The van der Waals surface area contributed by atoms with E-state index in [0.29, 0.717) is 0 Å². The third-order valence-corrected chi connectivity index (χ3v) is 4.41. The van der Waals surface area contributed by atoms with Crippen molar-refractivity contribution in [1.82, 2.24) is 0 Å². The molecule has 0 aliphatic carbocycles. The van der Waals surface area contributed by atoms with E-state index in [1.807, 2.05) is 12.1 Å². The number of rotatable bonds is 6. The average molecular weight is 257 g/mol. The number of ether oxygens (including phenoxy) is 1. The van der Waals surface area contributed by atoms with E-state index < -0.39 is 0 Å². The van der Waals surface area contributed by atoms with Crippen molar-refractivity contribution in [3.8, 4) is 5.75 Å². The molecule has 2 heteroatoms. The molecule has 0 aliphatic rings. The molecule has 0 fully saturated rings. The summed E-state index contributed by atoms with van der Waals surface area (Å²) in [6, 6.07) is 8.44. The van der Waals surface area contributed by atoms with Crippen LogP contribution in [0.3, 0.4) is 0 Å². The monoisotopic (exact) mass is 258 g/mol. The fraction of sp³-hybridized carbons (Fsp3) is 0.500. The van der Waals surface area contributed by atoms with Gasteiger partial charge in [0, 0.05) is 0 Å². The van der Waals surface area contributed by atoms with Gasteiger partial charge in [0.2, 0.25) is 0 Å². The molecule has 0 amide bonds. The van der Waals surface area contributed by atoms with Crippen molar-refractivity contribution in [2.75, 3.05) is 7.11 Å². The molecule has 0 saturated carbocycles. The van der Waals surface area contributed by atoms with Crippen LogP contribution in [0.4, 0.5) is 0 Å². The summed E-state index contributed by atoms with van der Waals surface area (Å²) in [6.07, 6.45) is 2.71. The molecule has 1 aromatic rings. The second kappa shape index (κ2) is 6.91. The van der Waals surface area contributed by atoms with Crippen LogP contribution >= 0.6 is 0 Å². The van der Waals surface area contributed by atoms with Crippen molar-refractivity contribution < 1.29 is 4.74 Å². The Morgan fingerprint density at radius 2 is 1.93 bits per heavy atom. The van der Waals surface area contributed by atoms with E-state index >= 15 is 0 Å². The van der Waals surface area contributed by atoms with Crippen molar-refractivity contribution >= 4 is 15.0 Å². The Kier molecular flexibility index (Phi) is 5.74. The molecule has 1 aromatic carbocycles. The summed E-state index contributed by atoms with van der Waals surface area (Å²) in [4.78, 5) is 0. The second-order valence-electron chi connectivity index (χ2n) is 3.25. The van der Waals surface area contributed by atoms with Crippen LogP contribution in [-0.4, -0.2) is 22.1 Å². The molecule has 0 heterocycles. The normalized spacial score (nSPS) is 10.1. The molecule has 78 valence electrons. The van der Waals surface area contributed by atoms with Crippen LogP contribution in [0.25, 0.3) is 0 Å². The van der Waals surface area contributed by atoms with Crippen molar-refractivity contribution in [3.63, 3.8) is 0 Å². The molecule has 1 rings (SSSR count). The minimum absolute atomic E-state index is 0.782. The molecule has 0 unspecified atom stereocenters. The quantitative estimate of drug-likeness (QED) is 0.562. The van der Waals surface area contributed by atoms with Gasteiger partial charge >= 0.3 is 92.8 Å². The maximum absolute atomic E-state index is 5.12. The van der Waals surface area contributed by atoms with E-state index in [4.69, 9.17) is 4.74 Å². The number of unbranched alkanes of at least 4 members (excludes halogenated alkanes) is 1.